The Hall–Kier alpha value is -1.33. The summed E-state index contributed by atoms with van der Waals surface area (Å²) in [6.45, 7) is 9.52. The lowest BCUT2D eigenvalue weighted by Gasteiger charge is -2.48. The lowest BCUT2D eigenvalue weighted by molar-refractivity contribution is -0.121. The van der Waals surface area contributed by atoms with E-state index < -0.39 is 0 Å². The summed E-state index contributed by atoms with van der Waals surface area (Å²) in [4.78, 5) is 23.6. The Balaban J connectivity index is 2.01. The number of nitrogens with zero attached hydrogens (tertiary/aromatic N) is 4. The number of aromatic nitrogens is 1. The Labute approximate surface area is 130 Å². The van der Waals surface area contributed by atoms with Crippen molar-refractivity contribution in [2.24, 2.45) is 0 Å². The highest BCUT2D eigenvalue weighted by atomic mass is 35.5. The molecule has 0 bridgehead atoms. The molecule has 3 heterocycles. The van der Waals surface area contributed by atoms with Crippen molar-refractivity contribution in [3.63, 3.8) is 0 Å². The van der Waals surface area contributed by atoms with Gasteiger partial charge in [-0.1, -0.05) is 11.6 Å². The van der Waals surface area contributed by atoms with Crippen molar-refractivity contribution < 1.29 is 4.79 Å². The molecule has 21 heavy (non-hydrogen) atoms. The maximum absolute atomic E-state index is 12.8. The number of halogens is 1. The van der Waals surface area contributed by atoms with E-state index in [9.17, 15) is 4.79 Å². The second-order valence-corrected chi connectivity index (χ2v) is 6.31. The van der Waals surface area contributed by atoms with E-state index in [1.807, 2.05) is 13.0 Å². The van der Waals surface area contributed by atoms with Gasteiger partial charge in [-0.2, -0.15) is 0 Å². The number of hydrogen-bond acceptors (Lipinski definition) is 4. The summed E-state index contributed by atoms with van der Waals surface area (Å²) >= 11 is 6.06. The Morgan fingerprint density at radius 3 is 2.86 bits per heavy atom. The summed E-state index contributed by atoms with van der Waals surface area (Å²) in [5.74, 6) is 1.04. The Morgan fingerprint density at radius 1 is 1.43 bits per heavy atom. The average molecular weight is 309 g/mol. The van der Waals surface area contributed by atoms with E-state index in [0.717, 1.165) is 31.1 Å². The highest BCUT2D eigenvalue weighted by molar-refractivity contribution is 6.31. The topological polar surface area (TPSA) is 39.7 Å². The molecular weight excluding hydrogens is 288 g/mol. The second-order valence-electron chi connectivity index (χ2n) is 5.88. The summed E-state index contributed by atoms with van der Waals surface area (Å²) in [5.41, 5.74) is 0.837. The third-order valence-electron chi connectivity index (χ3n) is 4.39. The molecule has 3 rings (SSSR count). The molecule has 0 saturated carbocycles. The Kier molecular flexibility index (Phi) is 3.80. The van der Waals surface area contributed by atoms with Crippen LogP contribution in [0.3, 0.4) is 0 Å². The summed E-state index contributed by atoms with van der Waals surface area (Å²) in [5, 5.41) is 0.569. The quantitative estimate of drug-likeness (QED) is 0.838. The monoisotopic (exact) mass is 308 g/mol. The van der Waals surface area contributed by atoms with Crippen LogP contribution >= 0.6 is 11.6 Å². The van der Waals surface area contributed by atoms with E-state index in [1.165, 1.54) is 0 Å². The van der Waals surface area contributed by atoms with Crippen LogP contribution < -0.4 is 9.80 Å². The molecule has 0 N–H and O–H groups in total. The molecule has 1 amide bonds. The standard InChI is InChI=1S/C15H21ClN4O/c1-4-19-12-7-11(16)8-17-14(12)20-6-5-18(10(2)3)9-13(20)15(19)21/h7-8,10,13H,4-6,9H2,1-3H3/t13-/m1/s1. The maximum atomic E-state index is 12.8. The fourth-order valence-corrected chi connectivity index (χ4v) is 3.36. The molecule has 114 valence electrons. The number of hydrogen-bond donors (Lipinski definition) is 0. The van der Waals surface area contributed by atoms with Crippen LogP contribution in [0.1, 0.15) is 20.8 Å². The zero-order valence-corrected chi connectivity index (χ0v) is 13.5. The van der Waals surface area contributed by atoms with Crippen molar-refractivity contribution >= 4 is 29.0 Å². The minimum Gasteiger partial charge on any atom is -0.340 e. The molecule has 1 fully saturated rings. The number of pyridine rings is 1. The summed E-state index contributed by atoms with van der Waals surface area (Å²) in [6.07, 6.45) is 1.66. The first kappa shape index (κ1) is 14.6. The van der Waals surface area contributed by atoms with Gasteiger partial charge in [0, 0.05) is 38.4 Å². The van der Waals surface area contributed by atoms with Crippen molar-refractivity contribution in [1.82, 2.24) is 9.88 Å². The number of rotatable bonds is 2. The number of anilines is 2. The first-order chi connectivity index (χ1) is 10.0. The van der Waals surface area contributed by atoms with Crippen molar-refractivity contribution in [3.05, 3.63) is 17.3 Å². The van der Waals surface area contributed by atoms with Gasteiger partial charge >= 0.3 is 0 Å². The van der Waals surface area contributed by atoms with Crippen LogP contribution in [0.5, 0.6) is 0 Å². The molecule has 0 aromatic carbocycles. The fourth-order valence-electron chi connectivity index (χ4n) is 3.20. The summed E-state index contributed by atoms with van der Waals surface area (Å²) in [7, 11) is 0. The highest BCUT2D eigenvalue weighted by Gasteiger charge is 2.42. The summed E-state index contributed by atoms with van der Waals surface area (Å²) < 4.78 is 0. The van der Waals surface area contributed by atoms with Gasteiger partial charge in [0.05, 0.1) is 10.7 Å². The van der Waals surface area contributed by atoms with E-state index in [-0.39, 0.29) is 11.9 Å². The number of likely N-dealkylation sites (N-methyl/N-ethyl adjacent to an activating group) is 1. The van der Waals surface area contributed by atoms with Gasteiger partial charge in [0.1, 0.15) is 6.04 Å². The lowest BCUT2D eigenvalue weighted by atomic mass is 10.0. The lowest BCUT2D eigenvalue weighted by Crippen LogP contribution is -2.63. The predicted molar refractivity (Wildman–Crippen MR) is 85.1 cm³/mol. The zero-order valence-electron chi connectivity index (χ0n) is 12.7. The molecule has 1 atom stereocenters. The molecule has 0 radical (unpaired) electrons. The molecule has 0 aliphatic carbocycles. The molecular formula is C15H21ClN4O. The van der Waals surface area contributed by atoms with E-state index in [0.29, 0.717) is 17.6 Å². The Morgan fingerprint density at radius 2 is 2.19 bits per heavy atom. The fraction of sp³-hybridized carbons (Fsp3) is 0.600. The third kappa shape index (κ3) is 2.38. The largest absolute Gasteiger partial charge is 0.340 e. The van der Waals surface area contributed by atoms with E-state index >= 15 is 0 Å². The van der Waals surface area contributed by atoms with Gasteiger partial charge in [-0.05, 0) is 26.8 Å². The molecule has 0 spiro atoms. The number of piperazine rings is 1. The molecule has 0 unspecified atom stereocenters. The highest BCUT2D eigenvalue weighted by Crippen LogP contribution is 2.37. The Bertz CT molecular complexity index is 563. The average Bonchev–Trinajstić information content (AvgIpc) is 2.47. The van der Waals surface area contributed by atoms with Crippen LogP contribution in [0.4, 0.5) is 11.5 Å². The van der Waals surface area contributed by atoms with Crippen molar-refractivity contribution in [2.45, 2.75) is 32.9 Å². The third-order valence-corrected chi connectivity index (χ3v) is 4.59. The van der Waals surface area contributed by atoms with Crippen LogP contribution in [-0.4, -0.2) is 54.1 Å². The first-order valence-electron chi connectivity index (χ1n) is 7.50. The SMILES string of the molecule is CCN1C(=O)[C@H]2CN(C(C)C)CCN2c2ncc(Cl)cc21. The smallest absolute Gasteiger partial charge is 0.251 e. The van der Waals surface area contributed by atoms with Gasteiger partial charge < -0.3 is 9.80 Å². The molecule has 1 aromatic rings. The van der Waals surface area contributed by atoms with Gasteiger partial charge in [0.15, 0.2) is 5.82 Å². The van der Waals surface area contributed by atoms with Gasteiger partial charge in [-0.25, -0.2) is 4.98 Å². The number of fused-ring (bicyclic) bond motifs is 3. The zero-order chi connectivity index (χ0) is 15.1. The van der Waals surface area contributed by atoms with E-state index in [4.69, 9.17) is 11.6 Å². The first-order valence-corrected chi connectivity index (χ1v) is 7.88. The molecule has 6 heteroatoms. The number of carbonyl (C=O) groups excluding carboxylic acids is 1. The number of carbonyl (C=O) groups is 1. The van der Waals surface area contributed by atoms with E-state index in [1.54, 1.807) is 11.1 Å². The van der Waals surface area contributed by atoms with Gasteiger partial charge in [0.2, 0.25) is 0 Å². The van der Waals surface area contributed by atoms with Gasteiger partial charge in [-0.3, -0.25) is 9.69 Å². The van der Waals surface area contributed by atoms with Gasteiger partial charge in [0.25, 0.3) is 5.91 Å². The molecule has 1 aromatic heterocycles. The van der Waals surface area contributed by atoms with Crippen molar-refractivity contribution in [2.75, 3.05) is 36.0 Å². The van der Waals surface area contributed by atoms with Crippen molar-refractivity contribution in [1.29, 1.82) is 0 Å². The van der Waals surface area contributed by atoms with Gasteiger partial charge in [-0.15, -0.1) is 0 Å². The molecule has 5 nitrogen and oxygen atoms in total. The van der Waals surface area contributed by atoms with E-state index in [2.05, 4.69) is 28.6 Å². The summed E-state index contributed by atoms with van der Waals surface area (Å²) in [6, 6.07) is 2.16. The molecule has 2 aliphatic heterocycles. The minimum atomic E-state index is -0.137. The maximum Gasteiger partial charge on any atom is 0.251 e. The van der Waals surface area contributed by atoms with Crippen LogP contribution in [0, 0.1) is 0 Å². The van der Waals surface area contributed by atoms with Crippen LogP contribution in [0.15, 0.2) is 12.3 Å². The number of amides is 1. The van der Waals surface area contributed by atoms with Crippen LogP contribution in [0.2, 0.25) is 5.02 Å². The van der Waals surface area contributed by atoms with Crippen LogP contribution in [0.25, 0.3) is 0 Å². The molecule has 1 saturated heterocycles. The van der Waals surface area contributed by atoms with Crippen LogP contribution in [-0.2, 0) is 4.79 Å². The second kappa shape index (κ2) is 5.46. The molecule has 2 aliphatic rings. The van der Waals surface area contributed by atoms with Crippen molar-refractivity contribution in [3.8, 4) is 0 Å². The predicted octanol–water partition coefficient (Wildman–Crippen LogP) is 2.00. The normalized spacial score (nSPS) is 22.5. The minimum absolute atomic E-state index is 0.137.